The highest BCUT2D eigenvalue weighted by Gasteiger charge is 2.30. The topological polar surface area (TPSA) is 26.3 Å². The molecule has 0 N–H and O–H groups in total. The highest BCUT2D eigenvalue weighted by atomic mass is 19.4. The first-order chi connectivity index (χ1) is 10.4. The van der Waals surface area contributed by atoms with Gasteiger partial charge in [0.25, 0.3) is 0 Å². The van der Waals surface area contributed by atoms with Crippen molar-refractivity contribution in [1.29, 1.82) is 0 Å². The van der Waals surface area contributed by atoms with Gasteiger partial charge in [-0.2, -0.15) is 13.2 Å². The normalized spacial score (nSPS) is 11.6. The standard InChI is InChI=1S/C17H13F3O2/c1-22-15-4-2-3-12(11-15)5-10-16(21)13-6-8-14(9-7-13)17(18,19)20/h2-11H,1H3. The second kappa shape index (κ2) is 6.47. The van der Waals surface area contributed by atoms with E-state index in [-0.39, 0.29) is 11.3 Å². The SMILES string of the molecule is COc1cccc(C=CC(=O)c2ccc(C(F)(F)F)cc2)c1. The van der Waals surface area contributed by atoms with Gasteiger partial charge in [0.1, 0.15) is 5.75 Å². The number of hydrogen-bond donors (Lipinski definition) is 0. The molecule has 0 heterocycles. The van der Waals surface area contributed by atoms with E-state index in [1.54, 1.807) is 30.3 Å². The minimum absolute atomic E-state index is 0.201. The van der Waals surface area contributed by atoms with Crippen LogP contribution in [-0.2, 0) is 6.18 Å². The first-order valence-electron chi connectivity index (χ1n) is 6.44. The third-order valence-corrected chi connectivity index (χ3v) is 3.02. The molecule has 22 heavy (non-hydrogen) atoms. The number of hydrogen-bond acceptors (Lipinski definition) is 2. The summed E-state index contributed by atoms with van der Waals surface area (Å²) in [6.07, 6.45) is -1.50. The Kier molecular flexibility index (Phi) is 4.65. The van der Waals surface area contributed by atoms with Gasteiger partial charge in [0.05, 0.1) is 12.7 Å². The maximum atomic E-state index is 12.5. The van der Waals surface area contributed by atoms with Crippen LogP contribution in [0, 0.1) is 0 Å². The lowest BCUT2D eigenvalue weighted by Gasteiger charge is -2.06. The van der Waals surface area contributed by atoms with E-state index in [2.05, 4.69) is 0 Å². The molecule has 0 aliphatic heterocycles. The summed E-state index contributed by atoms with van der Waals surface area (Å²) in [6, 6.07) is 11.2. The molecule has 0 atom stereocenters. The van der Waals surface area contributed by atoms with E-state index in [9.17, 15) is 18.0 Å². The monoisotopic (exact) mass is 306 g/mol. The summed E-state index contributed by atoms with van der Waals surface area (Å²) in [5.41, 5.74) is 0.188. The van der Waals surface area contributed by atoms with Crippen LogP contribution in [0.3, 0.4) is 0 Å². The summed E-state index contributed by atoms with van der Waals surface area (Å²) in [4.78, 5) is 11.9. The highest BCUT2D eigenvalue weighted by molar-refractivity contribution is 6.06. The van der Waals surface area contributed by atoms with Crippen LogP contribution in [0.25, 0.3) is 6.08 Å². The molecule has 114 valence electrons. The molecule has 0 bridgehead atoms. The Morgan fingerprint density at radius 2 is 1.77 bits per heavy atom. The van der Waals surface area contributed by atoms with Crippen LogP contribution in [-0.4, -0.2) is 12.9 Å². The van der Waals surface area contributed by atoms with E-state index < -0.39 is 11.7 Å². The molecule has 2 aromatic carbocycles. The van der Waals surface area contributed by atoms with Crippen LogP contribution in [0.15, 0.2) is 54.6 Å². The van der Waals surface area contributed by atoms with Crippen molar-refractivity contribution >= 4 is 11.9 Å². The maximum absolute atomic E-state index is 12.5. The number of rotatable bonds is 4. The average molecular weight is 306 g/mol. The lowest BCUT2D eigenvalue weighted by Crippen LogP contribution is -2.05. The zero-order chi connectivity index (χ0) is 16.2. The maximum Gasteiger partial charge on any atom is 0.416 e. The predicted octanol–water partition coefficient (Wildman–Crippen LogP) is 4.61. The van der Waals surface area contributed by atoms with E-state index in [1.165, 1.54) is 25.3 Å². The fourth-order valence-corrected chi connectivity index (χ4v) is 1.84. The van der Waals surface area contributed by atoms with Gasteiger partial charge in [-0.05, 0) is 35.9 Å². The molecule has 0 amide bonds. The lowest BCUT2D eigenvalue weighted by atomic mass is 10.1. The summed E-state index contributed by atoms with van der Waals surface area (Å²) in [5.74, 6) is 0.292. The molecular weight excluding hydrogens is 293 g/mol. The van der Waals surface area contributed by atoms with Crippen molar-refractivity contribution in [2.75, 3.05) is 7.11 Å². The molecule has 0 saturated heterocycles. The third-order valence-electron chi connectivity index (χ3n) is 3.02. The number of ketones is 1. The summed E-state index contributed by atoms with van der Waals surface area (Å²) >= 11 is 0. The summed E-state index contributed by atoms with van der Waals surface area (Å²) in [5, 5.41) is 0. The summed E-state index contributed by atoms with van der Waals surface area (Å²) < 4.78 is 42.4. The molecule has 0 aromatic heterocycles. The summed E-state index contributed by atoms with van der Waals surface area (Å²) in [7, 11) is 1.54. The highest BCUT2D eigenvalue weighted by Crippen LogP contribution is 2.29. The number of carbonyl (C=O) groups is 1. The number of alkyl halides is 3. The molecule has 0 aliphatic carbocycles. The van der Waals surface area contributed by atoms with Gasteiger partial charge in [-0.25, -0.2) is 0 Å². The second-order valence-corrected chi connectivity index (χ2v) is 4.55. The average Bonchev–Trinajstić information content (AvgIpc) is 2.52. The Labute approximate surface area is 125 Å². The molecule has 2 nitrogen and oxygen atoms in total. The van der Waals surface area contributed by atoms with Gasteiger partial charge in [0.15, 0.2) is 5.78 Å². The Morgan fingerprint density at radius 3 is 2.36 bits per heavy atom. The first kappa shape index (κ1) is 15.8. The van der Waals surface area contributed by atoms with Crippen LogP contribution < -0.4 is 4.74 Å². The number of allylic oxidation sites excluding steroid dienone is 1. The number of methoxy groups -OCH3 is 1. The molecule has 2 aromatic rings. The third kappa shape index (κ3) is 3.97. The van der Waals surface area contributed by atoms with Crippen molar-refractivity contribution in [1.82, 2.24) is 0 Å². The molecule has 0 fully saturated rings. The minimum atomic E-state index is -4.40. The van der Waals surface area contributed by atoms with Crippen LogP contribution in [0.4, 0.5) is 13.2 Å². The molecule has 5 heteroatoms. The van der Waals surface area contributed by atoms with E-state index in [0.29, 0.717) is 5.75 Å². The number of benzene rings is 2. The van der Waals surface area contributed by atoms with Gasteiger partial charge in [0, 0.05) is 5.56 Å². The molecule has 2 rings (SSSR count). The first-order valence-corrected chi connectivity index (χ1v) is 6.44. The van der Waals surface area contributed by atoms with Crippen LogP contribution in [0.1, 0.15) is 21.5 Å². The van der Waals surface area contributed by atoms with E-state index in [0.717, 1.165) is 17.7 Å². The van der Waals surface area contributed by atoms with E-state index in [4.69, 9.17) is 4.74 Å². The predicted molar refractivity (Wildman–Crippen MR) is 77.8 cm³/mol. The fourth-order valence-electron chi connectivity index (χ4n) is 1.84. The van der Waals surface area contributed by atoms with Crippen molar-refractivity contribution in [2.24, 2.45) is 0 Å². The van der Waals surface area contributed by atoms with Crippen LogP contribution in [0.5, 0.6) is 5.75 Å². The van der Waals surface area contributed by atoms with Crippen molar-refractivity contribution in [3.05, 3.63) is 71.3 Å². The van der Waals surface area contributed by atoms with E-state index >= 15 is 0 Å². The van der Waals surface area contributed by atoms with Crippen molar-refractivity contribution in [3.63, 3.8) is 0 Å². The van der Waals surface area contributed by atoms with E-state index in [1.807, 2.05) is 0 Å². The zero-order valence-corrected chi connectivity index (χ0v) is 11.7. The van der Waals surface area contributed by atoms with Crippen molar-refractivity contribution in [2.45, 2.75) is 6.18 Å². The Morgan fingerprint density at radius 1 is 1.09 bits per heavy atom. The summed E-state index contributed by atoms with van der Waals surface area (Å²) in [6.45, 7) is 0. The molecular formula is C17H13F3O2. The number of carbonyl (C=O) groups excluding carboxylic acids is 1. The molecule has 0 aliphatic rings. The van der Waals surface area contributed by atoms with Gasteiger partial charge < -0.3 is 4.74 Å². The smallest absolute Gasteiger partial charge is 0.416 e. The fraction of sp³-hybridized carbons (Fsp3) is 0.118. The van der Waals surface area contributed by atoms with Gasteiger partial charge in [-0.3, -0.25) is 4.79 Å². The number of ether oxygens (including phenoxy) is 1. The molecule has 0 radical (unpaired) electrons. The molecule has 0 unspecified atom stereocenters. The Bertz CT molecular complexity index is 686. The minimum Gasteiger partial charge on any atom is -0.497 e. The zero-order valence-electron chi connectivity index (χ0n) is 11.7. The largest absolute Gasteiger partial charge is 0.497 e. The lowest BCUT2D eigenvalue weighted by molar-refractivity contribution is -0.137. The Hall–Kier alpha value is -2.56. The second-order valence-electron chi connectivity index (χ2n) is 4.55. The van der Waals surface area contributed by atoms with Crippen molar-refractivity contribution in [3.8, 4) is 5.75 Å². The molecule has 0 saturated carbocycles. The number of halogens is 3. The van der Waals surface area contributed by atoms with Crippen LogP contribution in [0.2, 0.25) is 0 Å². The molecule has 0 spiro atoms. The van der Waals surface area contributed by atoms with Crippen molar-refractivity contribution < 1.29 is 22.7 Å². The van der Waals surface area contributed by atoms with Gasteiger partial charge in [0.2, 0.25) is 0 Å². The van der Waals surface area contributed by atoms with Gasteiger partial charge in [-0.1, -0.05) is 30.3 Å². The quantitative estimate of drug-likeness (QED) is 0.609. The Balaban J connectivity index is 2.13. The van der Waals surface area contributed by atoms with Gasteiger partial charge in [-0.15, -0.1) is 0 Å². The van der Waals surface area contributed by atoms with Gasteiger partial charge >= 0.3 is 6.18 Å². The van der Waals surface area contributed by atoms with Crippen LogP contribution >= 0.6 is 0 Å².